The average molecular weight is 362 g/mol. The van der Waals surface area contributed by atoms with E-state index in [1.165, 1.54) is 19.2 Å². The van der Waals surface area contributed by atoms with Gasteiger partial charge in [-0.2, -0.15) is 0 Å². The van der Waals surface area contributed by atoms with Gasteiger partial charge in [0.1, 0.15) is 9.39 Å². The molecule has 0 bridgehead atoms. The van der Waals surface area contributed by atoms with Crippen LogP contribution in [0, 0.1) is 8.99 Å². The minimum absolute atomic E-state index is 0.0818. The van der Waals surface area contributed by atoms with Crippen molar-refractivity contribution < 1.29 is 0 Å². The molecule has 1 aromatic heterocycles. The molecular weight excluding hydrogens is 343 g/mol. The second-order valence-electron chi connectivity index (χ2n) is 5.36. The van der Waals surface area contributed by atoms with E-state index in [0.29, 0.717) is 14.8 Å². The number of aromatic nitrogens is 2. The summed E-state index contributed by atoms with van der Waals surface area (Å²) in [6.45, 7) is 5.44. The highest BCUT2D eigenvalue weighted by Crippen LogP contribution is 2.30. The first-order valence-corrected chi connectivity index (χ1v) is 7.24. The molecule has 0 atom stereocenters. The first-order valence-electron chi connectivity index (χ1n) is 6.16. The zero-order valence-electron chi connectivity index (χ0n) is 10.8. The second-order valence-corrected chi connectivity index (χ2v) is 6.44. The van der Waals surface area contributed by atoms with Crippen molar-refractivity contribution in [2.24, 2.45) is 5.41 Å². The van der Waals surface area contributed by atoms with E-state index in [1.807, 2.05) is 22.6 Å². The molecule has 1 aliphatic rings. The van der Waals surface area contributed by atoms with Crippen LogP contribution < -0.4 is 10.9 Å². The molecule has 0 unspecified atom stereocenters. The van der Waals surface area contributed by atoms with Crippen molar-refractivity contribution >= 4 is 28.4 Å². The summed E-state index contributed by atoms with van der Waals surface area (Å²) in [4.78, 5) is 20.6. The van der Waals surface area contributed by atoms with Crippen molar-refractivity contribution in [3.8, 4) is 0 Å². The van der Waals surface area contributed by atoms with Gasteiger partial charge in [-0.1, -0.05) is 6.92 Å². The molecule has 18 heavy (non-hydrogen) atoms. The SMILES string of the molecule is CN1CCC(C)(CNc2nc[nH]c(=O)c2I)CC1. The van der Waals surface area contributed by atoms with Gasteiger partial charge < -0.3 is 15.2 Å². The van der Waals surface area contributed by atoms with Crippen molar-refractivity contribution in [2.45, 2.75) is 19.8 Å². The number of nitrogens with one attached hydrogen (secondary N) is 2. The average Bonchev–Trinajstić information content (AvgIpc) is 2.35. The minimum atomic E-state index is -0.0818. The quantitative estimate of drug-likeness (QED) is 0.801. The summed E-state index contributed by atoms with van der Waals surface area (Å²) in [6.07, 6.45) is 3.80. The minimum Gasteiger partial charge on any atom is -0.368 e. The zero-order chi connectivity index (χ0) is 13.2. The highest BCUT2D eigenvalue weighted by Gasteiger charge is 2.28. The summed E-state index contributed by atoms with van der Waals surface area (Å²) in [5.74, 6) is 0.694. The summed E-state index contributed by atoms with van der Waals surface area (Å²) in [6, 6.07) is 0. The van der Waals surface area contributed by atoms with Crippen LogP contribution in [0.25, 0.3) is 0 Å². The van der Waals surface area contributed by atoms with E-state index < -0.39 is 0 Å². The fraction of sp³-hybridized carbons (Fsp3) is 0.667. The highest BCUT2D eigenvalue weighted by atomic mass is 127. The molecule has 0 aromatic carbocycles. The van der Waals surface area contributed by atoms with E-state index in [0.717, 1.165) is 19.6 Å². The number of likely N-dealkylation sites (tertiary alicyclic amines) is 1. The van der Waals surface area contributed by atoms with Crippen LogP contribution in [0.5, 0.6) is 0 Å². The van der Waals surface area contributed by atoms with Crippen LogP contribution in [0.3, 0.4) is 0 Å². The Balaban J connectivity index is 1.99. The maximum absolute atomic E-state index is 11.5. The third-order valence-electron chi connectivity index (χ3n) is 3.67. The Morgan fingerprint density at radius 2 is 2.22 bits per heavy atom. The van der Waals surface area contributed by atoms with Crippen LogP contribution in [-0.2, 0) is 0 Å². The maximum Gasteiger partial charge on any atom is 0.266 e. The number of halogens is 1. The molecule has 1 aliphatic heterocycles. The van der Waals surface area contributed by atoms with Crippen LogP contribution in [0.4, 0.5) is 5.82 Å². The number of nitrogens with zero attached hydrogens (tertiary/aromatic N) is 2. The summed E-state index contributed by atoms with van der Waals surface area (Å²) >= 11 is 2.03. The van der Waals surface area contributed by atoms with Gasteiger partial charge >= 0.3 is 0 Å². The maximum atomic E-state index is 11.5. The molecule has 2 rings (SSSR count). The van der Waals surface area contributed by atoms with E-state index in [1.54, 1.807) is 0 Å². The molecule has 5 nitrogen and oxygen atoms in total. The number of anilines is 1. The normalized spacial score (nSPS) is 19.7. The Morgan fingerprint density at radius 1 is 1.56 bits per heavy atom. The molecule has 1 aromatic rings. The Hall–Kier alpha value is -0.630. The summed E-state index contributed by atoms with van der Waals surface area (Å²) in [5.41, 5.74) is 0.210. The van der Waals surface area contributed by atoms with Gasteiger partial charge in [-0.05, 0) is 61.0 Å². The van der Waals surface area contributed by atoms with Gasteiger partial charge in [0.15, 0.2) is 0 Å². The molecule has 100 valence electrons. The number of rotatable bonds is 3. The van der Waals surface area contributed by atoms with E-state index in [9.17, 15) is 4.79 Å². The zero-order valence-corrected chi connectivity index (χ0v) is 13.0. The number of hydrogen-bond donors (Lipinski definition) is 2. The predicted molar refractivity (Wildman–Crippen MR) is 80.9 cm³/mol. The number of H-pyrrole nitrogens is 1. The molecule has 0 amide bonds. The highest BCUT2D eigenvalue weighted by molar-refractivity contribution is 14.1. The van der Waals surface area contributed by atoms with E-state index in [2.05, 4.69) is 34.2 Å². The first kappa shape index (κ1) is 13.8. The summed E-state index contributed by atoms with van der Waals surface area (Å²) < 4.78 is 0.631. The third-order valence-corrected chi connectivity index (χ3v) is 4.67. The Morgan fingerprint density at radius 3 is 2.89 bits per heavy atom. The fourth-order valence-corrected chi connectivity index (χ4v) is 2.62. The van der Waals surface area contributed by atoms with Gasteiger partial charge in [-0.15, -0.1) is 0 Å². The van der Waals surface area contributed by atoms with Crippen molar-refractivity contribution in [1.29, 1.82) is 0 Å². The topological polar surface area (TPSA) is 61.0 Å². The molecular formula is C12H19IN4O. The Labute approximate surface area is 121 Å². The van der Waals surface area contributed by atoms with Crippen LogP contribution in [0.1, 0.15) is 19.8 Å². The molecule has 0 radical (unpaired) electrons. The van der Waals surface area contributed by atoms with Gasteiger partial charge in [0.2, 0.25) is 0 Å². The van der Waals surface area contributed by atoms with Gasteiger partial charge in [0, 0.05) is 6.54 Å². The monoisotopic (exact) mass is 362 g/mol. The molecule has 0 saturated carbocycles. The number of piperidine rings is 1. The van der Waals surface area contributed by atoms with Crippen molar-refractivity contribution in [1.82, 2.24) is 14.9 Å². The fourth-order valence-electron chi connectivity index (χ4n) is 2.14. The van der Waals surface area contributed by atoms with Gasteiger partial charge in [0.25, 0.3) is 5.56 Å². The van der Waals surface area contributed by atoms with Crippen molar-refractivity contribution in [3.63, 3.8) is 0 Å². The molecule has 6 heteroatoms. The van der Waals surface area contributed by atoms with E-state index in [-0.39, 0.29) is 5.56 Å². The lowest BCUT2D eigenvalue weighted by molar-refractivity contribution is 0.150. The number of aromatic amines is 1. The van der Waals surface area contributed by atoms with Crippen molar-refractivity contribution in [3.05, 3.63) is 20.3 Å². The molecule has 1 fully saturated rings. The van der Waals surface area contributed by atoms with E-state index >= 15 is 0 Å². The van der Waals surface area contributed by atoms with Crippen LogP contribution in [0.2, 0.25) is 0 Å². The van der Waals surface area contributed by atoms with Crippen molar-refractivity contribution in [2.75, 3.05) is 32.0 Å². The van der Waals surface area contributed by atoms with Crippen LogP contribution >= 0.6 is 22.6 Å². The van der Waals surface area contributed by atoms with E-state index in [4.69, 9.17) is 0 Å². The predicted octanol–water partition coefficient (Wildman–Crippen LogP) is 1.52. The standard InChI is InChI=1S/C12H19IN4O/c1-12(3-5-17(2)6-4-12)7-14-10-9(13)11(18)16-8-15-10/h8H,3-7H2,1-2H3,(H2,14,15,16,18). The Bertz CT molecular complexity index is 465. The second kappa shape index (κ2) is 5.56. The third kappa shape index (κ3) is 3.23. The summed E-state index contributed by atoms with van der Waals surface area (Å²) in [5, 5.41) is 3.32. The lowest BCUT2D eigenvalue weighted by Gasteiger charge is -2.38. The first-order chi connectivity index (χ1) is 8.50. The molecule has 0 aliphatic carbocycles. The molecule has 2 heterocycles. The van der Waals surface area contributed by atoms with Gasteiger partial charge in [-0.25, -0.2) is 4.98 Å². The lowest BCUT2D eigenvalue weighted by Crippen LogP contribution is -2.40. The molecule has 1 saturated heterocycles. The Kier molecular flexibility index (Phi) is 4.26. The van der Waals surface area contributed by atoms with Gasteiger partial charge in [0.05, 0.1) is 6.33 Å². The summed E-state index contributed by atoms with van der Waals surface area (Å²) in [7, 11) is 2.16. The molecule has 2 N–H and O–H groups in total. The van der Waals surface area contributed by atoms with Gasteiger partial charge in [-0.3, -0.25) is 4.79 Å². The van der Waals surface area contributed by atoms with Crippen LogP contribution in [-0.4, -0.2) is 41.5 Å². The largest absolute Gasteiger partial charge is 0.368 e. The number of hydrogen-bond acceptors (Lipinski definition) is 4. The lowest BCUT2D eigenvalue weighted by atomic mass is 9.80. The molecule has 0 spiro atoms. The van der Waals surface area contributed by atoms with Crippen LogP contribution in [0.15, 0.2) is 11.1 Å². The smallest absolute Gasteiger partial charge is 0.266 e.